The summed E-state index contributed by atoms with van der Waals surface area (Å²) in [7, 11) is -9.83. The van der Waals surface area contributed by atoms with Gasteiger partial charge in [0.1, 0.15) is 0 Å². The Hall–Kier alpha value is -1.04. The monoisotopic (exact) mass is 454 g/mol. The van der Waals surface area contributed by atoms with Gasteiger partial charge in [0.15, 0.2) is 0 Å². The van der Waals surface area contributed by atoms with Crippen LogP contribution in [0.1, 0.15) is 81.3 Å². The van der Waals surface area contributed by atoms with Crippen molar-refractivity contribution in [3.05, 3.63) is 35.9 Å². The molecule has 0 spiro atoms. The molecule has 0 atom stereocenters. The molecule has 0 aromatic heterocycles. The van der Waals surface area contributed by atoms with Crippen molar-refractivity contribution in [1.82, 2.24) is 6.15 Å². The average molecular weight is 455 g/mol. The number of hydrogen-bond acceptors (Lipinski definition) is 6. The van der Waals surface area contributed by atoms with Crippen molar-refractivity contribution in [2.45, 2.75) is 75.7 Å². The van der Waals surface area contributed by atoms with Gasteiger partial charge in [-0.25, -0.2) is 0 Å². The van der Waals surface area contributed by atoms with Crippen molar-refractivity contribution >= 4 is 20.2 Å². The molecule has 7 N–H and O–H groups in total. The van der Waals surface area contributed by atoms with Crippen LogP contribution in [-0.2, 0) is 20.2 Å². The lowest BCUT2D eigenvalue weighted by Crippen LogP contribution is -2.21. The normalized spacial score (nSPS) is 11.5. The standard InChI is InChI=1S/C12H27N.C7H8O6S2.H3N/c1-2-3-4-5-6-7-8-9-10-11-12-13;8-14(9,10)7(15(11,12)13)6-4-2-1-3-5-6;/h2-13H2,1H3;1-5,7H,(H,8,9,10)(H,11,12,13);1H3. The van der Waals surface area contributed by atoms with E-state index in [1.807, 2.05) is 0 Å². The first-order chi connectivity index (χ1) is 13.1. The van der Waals surface area contributed by atoms with E-state index in [1.165, 1.54) is 94.5 Å². The van der Waals surface area contributed by atoms with Crippen LogP contribution in [0.25, 0.3) is 0 Å². The fourth-order valence-corrected chi connectivity index (χ4v) is 4.97. The summed E-state index contributed by atoms with van der Waals surface area (Å²) in [5.41, 5.74) is 5.20. The van der Waals surface area contributed by atoms with Crippen LogP contribution in [0.3, 0.4) is 0 Å². The highest BCUT2D eigenvalue weighted by molar-refractivity contribution is 8.03. The van der Waals surface area contributed by atoms with Crippen LogP contribution in [0.4, 0.5) is 0 Å². The molecule has 0 aliphatic heterocycles. The summed E-state index contributed by atoms with van der Waals surface area (Å²) in [6, 6.07) is 6.66. The van der Waals surface area contributed by atoms with Gasteiger partial charge < -0.3 is 11.9 Å². The van der Waals surface area contributed by atoms with E-state index in [9.17, 15) is 16.8 Å². The topological polar surface area (TPSA) is 170 Å². The first kappa shape index (κ1) is 30.2. The molecular weight excluding hydrogens is 416 g/mol. The predicted octanol–water partition coefficient (Wildman–Crippen LogP) is 4.49. The Labute approximate surface area is 176 Å². The Morgan fingerprint density at radius 2 is 1.14 bits per heavy atom. The van der Waals surface area contributed by atoms with Crippen molar-refractivity contribution < 1.29 is 25.9 Å². The van der Waals surface area contributed by atoms with Crippen LogP contribution in [0.15, 0.2) is 30.3 Å². The number of nitrogens with two attached hydrogens (primary N) is 1. The fraction of sp³-hybridized carbons (Fsp3) is 0.684. The maximum atomic E-state index is 10.8. The Balaban J connectivity index is 0. The second-order valence-electron chi connectivity index (χ2n) is 6.74. The summed E-state index contributed by atoms with van der Waals surface area (Å²) in [6.07, 6.45) is 13.9. The lowest BCUT2D eigenvalue weighted by molar-refractivity contribution is 0.456. The van der Waals surface area contributed by atoms with Crippen molar-refractivity contribution in [3.63, 3.8) is 0 Å². The van der Waals surface area contributed by atoms with Gasteiger partial charge in [0.05, 0.1) is 0 Å². The van der Waals surface area contributed by atoms with Crippen LogP contribution < -0.4 is 11.9 Å². The van der Waals surface area contributed by atoms with Gasteiger partial charge >= 0.3 is 0 Å². The van der Waals surface area contributed by atoms with Crippen LogP contribution in [0.2, 0.25) is 0 Å². The van der Waals surface area contributed by atoms with Crippen molar-refractivity contribution in [2.75, 3.05) is 6.54 Å². The van der Waals surface area contributed by atoms with E-state index in [-0.39, 0.29) is 11.7 Å². The zero-order valence-corrected chi connectivity index (χ0v) is 19.0. The SMILES string of the molecule is CCCCCCCCCCCCN.N.O=S(=O)(O)C(c1ccccc1)S(=O)(=O)O. The maximum absolute atomic E-state index is 10.8. The van der Waals surface area contributed by atoms with Crippen LogP contribution >= 0.6 is 0 Å². The Kier molecular flexibility index (Phi) is 17.4. The number of hydrogen-bond donors (Lipinski definition) is 4. The second kappa shape index (κ2) is 16.7. The number of unbranched alkanes of at least 4 members (excludes halogenated alkanes) is 9. The molecule has 8 nitrogen and oxygen atoms in total. The van der Waals surface area contributed by atoms with Gasteiger partial charge in [-0.05, 0) is 18.5 Å². The summed E-state index contributed by atoms with van der Waals surface area (Å²) >= 11 is 0. The van der Waals surface area contributed by atoms with E-state index in [2.05, 4.69) is 6.92 Å². The van der Waals surface area contributed by atoms with E-state index in [1.54, 1.807) is 0 Å². The van der Waals surface area contributed by atoms with Gasteiger partial charge in [-0.1, -0.05) is 95.0 Å². The van der Waals surface area contributed by atoms with Crippen LogP contribution in [-0.4, -0.2) is 32.5 Å². The lowest BCUT2D eigenvalue weighted by Gasteiger charge is -2.10. The Morgan fingerprint density at radius 3 is 1.48 bits per heavy atom. The van der Waals surface area contributed by atoms with Crippen molar-refractivity contribution in [1.29, 1.82) is 0 Å². The highest BCUT2D eigenvalue weighted by Gasteiger charge is 2.36. The molecule has 0 bridgehead atoms. The quantitative estimate of drug-likeness (QED) is 0.249. The molecule has 1 rings (SSSR count). The van der Waals surface area contributed by atoms with E-state index in [4.69, 9.17) is 14.8 Å². The molecule has 0 amide bonds. The Morgan fingerprint density at radius 1 is 0.759 bits per heavy atom. The molecule has 0 fully saturated rings. The first-order valence-electron chi connectivity index (χ1n) is 9.82. The van der Waals surface area contributed by atoms with Gasteiger partial charge in [-0.15, -0.1) is 0 Å². The van der Waals surface area contributed by atoms with Gasteiger partial charge in [-0.2, -0.15) is 16.8 Å². The zero-order valence-electron chi connectivity index (χ0n) is 17.4. The van der Waals surface area contributed by atoms with E-state index in [0.29, 0.717) is 0 Å². The molecule has 0 heterocycles. The third kappa shape index (κ3) is 15.5. The summed E-state index contributed by atoms with van der Waals surface area (Å²) in [6.45, 7) is 3.14. The highest BCUT2D eigenvalue weighted by Crippen LogP contribution is 2.26. The van der Waals surface area contributed by atoms with Crippen molar-refractivity contribution in [2.24, 2.45) is 5.73 Å². The molecule has 172 valence electrons. The van der Waals surface area contributed by atoms with Crippen LogP contribution in [0.5, 0.6) is 0 Å². The van der Waals surface area contributed by atoms with Gasteiger partial charge in [0.2, 0.25) is 4.58 Å². The molecule has 10 heteroatoms. The second-order valence-corrected chi connectivity index (χ2v) is 10.0. The summed E-state index contributed by atoms with van der Waals surface area (Å²) in [5, 5.41) is 0. The van der Waals surface area contributed by atoms with E-state index >= 15 is 0 Å². The molecule has 1 aromatic carbocycles. The fourth-order valence-electron chi connectivity index (χ4n) is 2.74. The average Bonchev–Trinajstić information content (AvgIpc) is 2.59. The van der Waals surface area contributed by atoms with Gasteiger partial charge in [0, 0.05) is 0 Å². The predicted molar refractivity (Wildman–Crippen MR) is 118 cm³/mol. The molecule has 29 heavy (non-hydrogen) atoms. The molecule has 0 saturated carbocycles. The lowest BCUT2D eigenvalue weighted by atomic mass is 10.1. The molecule has 0 aliphatic carbocycles. The number of rotatable bonds is 13. The molecule has 0 radical (unpaired) electrons. The van der Waals surface area contributed by atoms with E-state index in [0.717, 1.165) is 6.54 Å². The zero-order chi connectivity index (χ0) is 21.5. The minimum absolute atomic E-state index is 0. The highest BCUT2D eigenvalue weighted by atomic mass is 32.3. The van der Waals surface area contributed by atoms with Crippen LogP contribution in [0, 0.1) is 0 Å². The largest absolute Gasteiger partial charge is 0.344 e. The summed E-state index contributed by atoms with van der Waals surface area (Å²) in [4.78, 5) is 0. The Bertz CT molecular complexity index is 667. The molecule has 0 aliphatic rings. The summed E-state index contributed by atoms with van der Waals surface area (Å²) in [5.74, 6) is 0. The van der Waals surface area contributed by atoms with Crippen molar-refractivity contribution in [3.8, 4) is 0 Å². The minimum atomic E-state index is -4.91. The third-order valence-corrected chi connectivity index (χ3v) is 7.26. The molecule has 0 unspecified atom stereocenters. The third-order valence-electron chi connectivity index (χ3n) is 4.17. The first-order valence-corrected chi connectivity index (χ1v) is 12.8. The van der Waals surface area contributed by atoms with E-state index < -0.39 is 24.8 Å². The maximum Gasteiger partial charge on any atom is 0.289 e. The molecule has 1 aromatic rings. The van der Waals surface area contributed by atoms with Gasteiger partial charge in [0.25, 0.3) is 20.2 Å². The van der Waals surface area contributed by atoms with Gasteiger partial charge in [-0.3, -0.25) is 9.11 Å². The minimum Gasteiger partial charge on any atom is -0.344 e. The number of benzene rings is 1. The smallest absolute Gasteiger partial charge is 0.289 e. The molecule has 0 saturated heterocycles. The molecular formula is C19H38N2O6S2. The summed E-state index contributed by atoms with van der Waals surface area (Å²) < 4.78 is 58.2.